The van der Waals surface area contributed by atoms with E-state index < -0.39 is 12.2 Å². The van der Waals surface area contributed by atoms with E-state index in [9.17, 15) is 24.3 Å². The lowest BCUT2D eigenvalue weighted by Crippen LogP contribution is -2.51. The third kappa shape index (κ3) is 8.14. The Bertz CT molecular complexity index is 1560. The van der Waals surface area contributed by atoms with Gasteiger partial charge in [0.05, 0.1) is 20.3 Å². The van der Waals surface area contributed by atoms with E-state index in [1.165, 1.54) is 7.11 Å². The molecule has 4 heterocycles. The number of rotatable bonds is 9. The second-order valence-electron chi connectivity index (χ2n) is 13.9. The van der Waals surface area contributed by atoms with Gasteiger partial charge in [0.2, 0.25) is 0 Å². The highest BCUT2D eigenvalue weighted by molar-refractivity contribution is 5.91. The van der Waals surface area contributed by atoms with Crippen LogP contribution >= 0.6 is 0 Å². The second-order valence-corrected chi connectivity index (χ2v) is 13.9. The van der Waals surface area contributed by atoms with Crippen LogP contribution in [0.2, 0.25) is 0 Å². The summed E-state index contributed by atoms with van der Waals surface area (Å²) >= 11 is 0. The molecule has 1 unspecified atom stereocenters. The molecule has 2 aromatic rings. The molecule has 3 fully saturated rings. The number of nitrogens with one attached hydrogen (secondary N) is 2. The number of hydroxylamine groups is 1. The van der Waals surface area contributed by atoms with Gasteiger partial charge in [-0.05, 0) is 67.9 Å². The summed E-state index contributed by atoms with van der Waals surface area (Å²) in [7, 11) is 1.41. The van der Waals surface area contributed by atoms with Crippen LogP contribution in [-0.2, 0) is 32.0 Å². The smallest absolute Gasteiger partial charge is 0.410 e. The lowest BCUT2D eigenvalue weighted by atomic mass is 10.0. The zero-order valence-electron chi connectivity index (χ0n) is 29.2. The van der Waals surface area contributed by atoms with Crippen LogP contribution in [0.5, 0.6) is 5.75 Å². The van der Waals surface area contributed by atoms with Crippen molar-refractivity contribution in [2.75, 3.05) is 71.5 Å². The Morgan fingerprint density at radius 1 is 0.960 bits per heavy atom. The maximum Gasteiger partial charge on any atom is 0.410 e. The van der Waals surface area contributed by atoms with Crippen molar-refractivity contribution in [2.45, 2.75) is 64.1 Å². The van der Waals surface area contributed by atoms with Gasteiger partial charge < -0.3 is 29.9 Å². The number of hydrogen-bond acceptors (Lipinski definition) is 9. The van der Waals surface area contributed by atoms with Crippen LogP contribution in [0.3, 0.4) is 0 Å². The number of para-hydroxylation sites is 1. The molecule has 0 radical (unpaired) electrons. The molecule has 270 valence electrons. The summed E-state index contributed by atoms with van der Waals surface area (Å²) in [4.78, 5) is 67.2. The summed E-state index contributed by atoms with van der Waals surface area (Å²) < 4.78 is 6.05. The SMILES string of the molecule is CONC(=O)CN1CCN(C2CCN(C(=O)[C@@H](Cc3cc(C)c(O)c(C)c3)OC(=O)N3CCC(N4CCc5ccccc5NC4=O)CC3)C2)C1. The van der Waals surface area contributed by atoms with Gasteiger partial charge in [-0.3, -0.25) is 24.2 Å². The number of likely N-dealkylation sites (tertiary alicyclic amines) is 2. The van der Waals surface area contributed by atoms with Crippen LogP contribution < -0.4 is 10.8 Å². The molecule has 2 atom stereocenters. The van der Waals surface area contributed by atoms with Gasteiger partial charge in [0.15, 0.2) is 6.10 Å². The molecule has 14 heteroatoms. The summed E-state index contributed by atoms with van der Waals surface area (Å²) in [5.41, 5.74) is 6.50. The number of piperidine rings is 1. The standard InChI is InChI=1S/C36H49N7O7/c1-24-18-26(19-25(2)33(24)45)20-31(34(46)41-14-11-29(21-41)42-17-16-39(23-42)22-32(44)38-49-3)50-36(48)40-12-9-28(10-13-40)43-15-8-27-6-4-5-7-30(27)37-35(43)47/h4-7,18-19,28-29,31,45H,8-17,20-23H2,1-3H3,(H,37,47)(H,38,44)/t29?,31-/m1/s1. The van der Waals surface area contributed by atoms with Crippen molar-refractivity contribution >= 4 is 29.6 Å². The van der Waals surface area contributed by atoms with Gasteiger partial charge in [0.25, 0.3) is 11.8 Å². The molecule has 3 N–H and O–H groups in total. The molecular formula is C36H49N7O7. The summed E-state index contributed by atoms with van der Waals surface area (Å²) in [6.45, 7) is 8.50. The zero-order valence-corrected chi connectivity index (χ0v) is 29.2. The molecular weight excluding hydrogens is 642 g/mol. The Labute approximate surface area is 293 Å². The Balaban J connectivity index is 1.08. The third-order valence-electron chi connectivity index (χ3n) is 10.5. The summed E-state index contributed by atoms with van der Waals surface area (Å²) in [6.07, 6.45) is 1.38. The molecule has 50 heavy (non-hydrogen) atoms. The summed E-state index contributed by atoms with van der Waals surface area (Å²) in [6, 6.07) is 11.5. The van der Waals surface area contributed by atoms with E-state index in [2.05, 4.69) is 15.7 Å². The summed E-state index contributed by atoms with van der Waals surface area (Å²) in [5.74, 6) is -0.236. The van der Waals surface area contributed by atoms with Crippen molar-refractivity contribution in [2.24, 2.45) is 0 Å². The largest absolute Gasteiger partial charge is 0.507 e. The molecule has 0 saturated carbocycles. The van der Waals surface area contributed by atoms with Crippen molar-refractivity contribution in [3.05, 3.63) is 58.7 Å². The van der Waals surface area contributed by atoms with Crippen LogP contribution in [0.1, 0.15) is 41.5 Å². The van der Waals surface area contributed by atoms with Crippen molar-refractivity contribution in [1.29, 1.82) is 0 Å². The quantitative estimate of drug-likeness (QED) is 0.338. The van der Waals surface area contributed by atoms with E-state index in [0.29, 0.717) is 63.4 Å². The average Bonchev–Trinajstić information content (AvgIpc) is 3.74. The van der Waals surface area contributed by atoms with Gasteiger partial charge in [-0.25, -0.2) is 15.1 Å². The van der Waals surface area contributed by atoms with Gasteiger partial charge in [0, 0.05) is 70.0 Å². The fourth-order valence-corrected chi connectivity index (χ4v) is 7.74. The number of carbonyl (C=O) groups excluding carboxylic acids is 4. The first-order chi connectivity index (χ1) is 24.1. The minimum atomic E-state index is -1.04. The van der Waals surface area contributed by atoms with E-state index in [-0.39, 0.29) is 48.6 Å². The molecule has 3 saturated heterocycles. The number of urea groups is 1. The van der Waals surface area contributed by atoms with Crippen molar-refractivity contribution < 1.29 is 33.9 Å². The number of carbonyl (C=O) groups is 4. The van der Waals surface area contributed by atoms with E-state index in [1.807, 2.05) is 60.0 Å². The predicted molar refractivity (Wildman–Crippen MR) is 185 cm³/mol. The average molecular weight is 692 g/mol. The maximum atomic E-state index is 14.1. The van der Waals surface area contributed by atoms with Gasteiger partial charge >= 0.3 is 12.1 Å². The molecule has 0 bridgehead atoms. The van der Waals surface area contributed by atoms with Gasteiger partial charge in [-0.2, -0.15) is 0 Å². The molecule has 14 nitrogen and oxygen atoms in total. The molecule has 6 rings (SSSR count). The van der Waals surface area contributed by atoms with Gasteiger partial charge in [-0.1, -0.05) is 30.3 Å². The highest BCUT2D eigenvalue weighted by Crippen LogP contribution is 2.28. The third-order valence-corrected chi connectivity index (χ3v) is 10.5. The number of phenolic OH excluding ortho intramolecular Hbond substituents is 1. The number of amides is 5. The molecule has 4 aliphatic rings. The molecule has 0 aliphatic carbocycles. The Morgan fingerprint density at radius 2 is 1.66 bits per heavy atom. The number of benzene rings is 2. The number of hydrogen-bond donors (Lipinski definition) is 3. The van der Waals surface area contributed by atoms with Crippen LogP contribution in [0.4, 0.5) is 15.3 Å². The lowest BCUT2D eigenvalue weighted by Gasteiger charge is -2.38. The monoisotopic (exact) mass is 691 g/mol. The topological polar surface area (TPSA) is 147 Å². The van der Waals surface area contributed by atoms with Gasteiger partial charge in [0.1, 0.15) is 5.75 Å². The van der Waals surface area contributed by atoms with E-state index in [0.717, 1.165) is 42.7 Å². The highest BCUT2D eigenvalue weighted by atomic mass is 16.6. The number of aryl methyl sites for hydroxylation is 2. The maximum absolute atomic E-state index is 14.1. The van der Waals surface area contributed by atoms with E-state index >= 15 is 0 Å². The minimum Gasteiger partial charge on any atom is -0.507 e. The van der Waals surface area contributed by atoms with Gasteiger partial charge in [-0.15, -0.1) is 0 Å². The Kier molecular flexibility index (Phi) is 11.1. The first kappa shape index (κ1) is 35.4. The lowest BCUT2D eigenvalue weighted by molar-refractivity contribution is -0.140. The number of anilines is 1. The van der Waals surface area contributed by atoms with Crippen molar-refractivity contribution in [3.8, 4) is 5.75 Å². The molecule has 0 aromatic heterocycles. The zero-order chi connectivity index (χ0) is 35.4. The van der Waals surface area contributed by atoms with Crippen LogP contribution in [0, 0.1) is 13.8 Å². The number of aromatic hydroxyl groups is 1. The first-order valence-electron chi connectivity index (χ1n) is 17.6. The number of ether oxygens (including phenoxy) is 1. The van der Waals surface area contributed by atoms with Crippen LogP contribution in [-0.4, -0.2) is 138 Å². The highest BCUT2D eigenvalue weighted by Gasteiger charge is 2.39. The first-order valence-corrected chi connectivity index (χ1v) is 17.6. The fraction of sp³-hybridized carbons (Fsp3) is 0.556. The molecule has 2 aromatic carbocycles. The Hall–Kier alpha value is -4.40. The molecule has 0 spiro atoms. The van der Waals surface area contributed by atoms with Crippen LogP contribution in [0.25, 0.3) is 0 Å². The van der Waals surface area contributed by atoms with Crippen LogP contribution in [0.15, 0.2) is 36.4 Å². The molecule has 4 aliphatic heterocycles. The van der Waals surface area contributed by atoms with E-state index in [4.69, 9.17) is 9.57 Å². The van der Waals surface area contributed by atoms with E-state index in [1.54, 1.807) is 9.80 Å². The second kappa shape index (κ2) is 15.7. The van der Waals surface area contributed by atoms with Crippen molar-refractivity contribution in [3.63, 3.8) is 0 Å². The molecule has 5 amide bonds. The number of nitrogens with zero attached hydrogens (tertiary/aromatic N) is 5. The normalized spacial score (nSPS) is 21.1. The predicted octanol–water partition coefficient (Wildman–Crippen LogP) is 2.46. The minimum absolute atomic E-state index is 0.00820. The fourth-order valence-electron chi connectivity index (χ4n) is 7.74. The Morgan fingerprint density at radius 3 is 2.40 bits per heavy atom. The summed E-state index contributed by atoms with van der Waals surface area (Å²) in [5, 5.41) is 13.4. The van der Waals surface area contributed by atoms with Crippen molar-refractivity contribution in [1.82, 2.24) is 30.0 Å². The number of phenols is 1. The number of fused-ring (bicyclic) bond motifs is 1.